The van der Waals surface area contributed by atoms with Crippen LogP contribution in [0, 0.1) is 6.92 Å². The maximum Gasteiger partial charge on any atom is 0.303 e. The van der Waals surface area contributed by atoms with E-state index in [2.05, 4.69) is 10.6 Å². The minimum absolute atomic E-state index is 0.188. The molecule has 6 heteroatoms. The number of hydrogen-bond acceptors (Lipinski definition) is 3. The summed E-state index contributed by atoms with van der Waals surface area (Å²) in [4.78, 5) is 35.1. The summed E-state index contributed by atoms with van der Waals surface area (Å²) < 4.78 is 0. The number of aliphatic carboxylic acids is 1. The number of carbonyl (C=O) groups excluding carboxylic acids is 2. The zero-order chi connectivity index (χ0) is 20.4. The fourth-order valence-corrected chi connectivity index (χ4v) is 2.74. The second-order valence-corrected chi connectivity index (χ2v) is 6.66. The SMILES string of the molecule is Cc1ccc(C(=O)NCCCCCCC(=O)O)cc1NC(=O)c1ccccc1. The van der Waals surface area contributed by atoms with Gasteiger partial charge in [-0.3, -0.25) is 14.4 Å². The first-order valence-electron chi connectivity index (χ1n) is 9.44. The number of benzene rings is 2. The van der Waals surface area contributed by atoms with Gasteiger partial charge < -0.3 is 15.7 Å². The minimum atomic E-state index is -0.775. The van der Waals surface area contributed by atoms with Gasteiger partial charge in [0.05, 0.1) is 0 Å². The molecule has 0 heterocycles. The Morgan fingerprint density at radius 3 is 2.29 bits per heavy atom. The van der Waals surface area contributed by atoms with Gasteiger partial charge in [-0.05, 0) is 49.6 Å². The molecule has 0 atom stereocenters. The fourth-order valence-electron chi connectivity index (χ4n) is 2.74. The van der Waals surface area contributed by atoms with E-state index < -0.39 is 5.97 Å². The molecule has 0 aliphatic heterocycles. The quantitative estimate of drug-likeness (QED) is 0.541. The van der Waals surface area contributed by atoms with Gasteiger partial charge in [0.25, 0.3) is 11.8 Å². The number of anilines is 1. The molecule has 0 aliphatic rings. The Balaban J connectivity index is 1.85. The number of hydrogen-bond donors (Lipinski definition) is 3. The topological polar surface area (TPSA) is 95.5 Å². The predicted octanol–water partition coefficient (Wildman–Crippen LogP) is 4.01. The van der Waals surface area contributed by atoms with Crippen molar-refractivity contribution in [2.24, 2.45) is 0 Å². The molecule has 0 saturated carbocycles. The Morgan fingerprint density at radius 2 is 1.57 bits per heavy atom. The van der Waals surface area contributed by atoms with Crippen LogP contribution in [-0.4, -0.2) is 29.4 Å². The van der Waals surface area contributed by atoms with Gasteiger partial charge in [0.2, 0.25) is 0 Å². The molecule has 0 radical (unpaired) electrons. The summed E-state index contributed by atoms with van der Waals surface area (Å²) in [7, 11) is 0. The van der Waals surface area contributed by atoms with Crippen LogP contribution in [0.25, 0.3) is 0 Å². The van der Waals surface area contributed by atoms with Gasteiger partial charge in [0, 0.05) is 29.8 Å². The molecule has 2 rings (SSSR count). The molecule has 0 saturated heterocycles. The standard InChI is InChI=1S/C22H26N2O4/c1-16-12-13-18(21(27)23-14-8-3-2-7-11-20(25)26)15-19(16)24-22(28)17-9-5-4-6-10-17/h4-6,9-10,12-13,15H,2-3,7-8,11,14H2,1H3,(H,23,27)(H,24,28)(H,25,26). The van der Waals surface area contributed by atoms with E-state index in [0.717, 1.165) is 24.8 Å². The van der Waals surface area contributed by atoms with Gasteiger partial charge in [-0.25, -0.2) is 0 Å². The highest BCUT2D eigenvalue weighted by atomic mass is 16.4. The molecule has 6 nitrogen and oxygen atoms in total. The molecule has 0 fully saturated rings. The summed E-state index contributed by atoms with van der Waals surface area (Å²) in [6.07, 6.45) is 3.36. The average Bonchev–Trinajstić information content (AvgIpc) is 2.69. The second-order valence-electron chi connectivity index (χ2n) is 6.66. The van der Waals surface area contributed by atoms with Crippen molar-refractivity contribution in [3.63, 3.8) is 0 Å². The number of nitrogens with one attached hydrogen (secondary N) is 2. The highest BCUT2D eigenvalue weighted by Crippen LogP contribution is 2.18. The van der Waals surface area contributed by atoms with E-state index in [1.54, 1.807) is 42.5 Å². The molecule has 2 aromatic rings. The number of unbranched alkanes of at least 4 members (excludes halogenated alkanes) is 3. The number of rotatable bonds is 10. The third kappa shape index (κ3) is 6.87. The molecular formula is C22H26N2O4. The van der Waals surface area contributed by atoms with Crippen molar-refractivity contribution in [2.75, 3.05) is 11.9 Å². The van der Waals surface area contributed by atoms with Crippen LogP contribution < -0.4 is 10.6 Å². The van der Waals surface area contributed by atoms with Crippen LogP contribution >= 0.6 is 0 Å². The number of carboxylic acids is 1. The summed E-state index contributed by atoms with van der Waals surface area (Å²) in [5.41, 5.74) is 2.52. The number of aryl methyl sites for hydroxylation is 1. The van der Waals surface area contributed by atoms with Crippen molar-refractivity contribution in [1.82, 2.24) is 5.32 Å². The van der Waals surface area contributed by atoms with E-state index in [9.17, 15) is 14.4 Å². The lowest BCUT2D eigenvalue weighted by Gasteiger charge is -2.11. The van der Waals surface area contributed by atoms with E-state index in [1.165, 1.54) is 0 Å². The van der Waals surface area contributed by atoms with Gasteiger partial charge in [0.15, 0.2) is 0 Å². The van der Waals surface area contributed by atoms with Crippen LogP contribution in [0.3, 0.4) is 0 Å². The summed E-state index contributed by atoms with van der Waals surface area (Å²) in [5, 5.41) is 14.3. The van der Waals surface area contributed by atoms with Gasteiger partial charge in [-0.15, -0.1) is 0 Å². The third-order valence-electron chi connectivity index (χ3n) is 4.39. The van der Waals surface area contributed by atoms with Crippen LogP contribution in [0.15, 0.2) is 48.5 Å². The fraction of sp³-hybridized carbons (Fsp3) is 0.318. The van der Waals surface area contributed by atoms with Gasteiger partial charge >= 0.3 is 5.97 Å². The first kappa shape index (κ1) is 21.2. The van der Waals surface area contributed by atoms with Gasteiger partial charge in [-0.1, -0.05) is 37.1 Å². The van der Waals surface area contributed by atoms with Crippen LogP contribution in [-0.2, 0) is 4.79 Å². The molecule has 0 aromatic heterocycles. The van der Waals surface area contributed by atoms with Crippen LogP contribution in [0.5, 0.6) is 0 Å². The molecule has 0 unspecified atom stereocenters. The van der Waals surface area contributed by atoms with Crippen LogP contribution in [0.1, 0.15) is 58.4 Å². The summed E-state index contributed by atoms with van der Waals surface area (Å²) in [6.45, 7) is 2.41. The predicted molar refractivity (Wildman–Crippen MR) is 109 cm³/mol. The van der Waals surface area contributed by atoms with Gasteiger partial charge in [0.1, 0.15) is 0 Å². The van der Waals surface area contributed by atoms with Crippen molar-refractivity contribution in [1.29, 1.82) is 0 Å². The lowest BCUT2D eigenvalue weighted by atomic mass is 10.1. The molecule has 3 N–H and O–H groups in total. The van der Waals surface area contributed by atoms with E-state index in [4.69, 9.17) is 5.11 Å². The largest absolute Gasteiger partial charge is 0.481 e. The zero-order valence-electron chi connectivity index (χ0n) is 16.0. The minimum Gasteiger partial charge on any atom is -0.481 e. The van der Waals surface area contributed by atoms with Crippen molar-refractivity contribution in [3.05, 3.63) is 65.2 Å². The molecule has 2 amide bonds. The molecule has 0 bridgehead atoms. The Hall–Kier alpha value is -3.15. The first-order chi connectivity index (χ1) is 13.5. The molecule has 0 spiro atoms. The van der Waals surface area contributed by atoms with E-state index in [-0.39, 0.29) is 18.2 Å². The Labute approximate surface area is 165 Å². The smallest absolute Gasteiger partial charge is 0.303 e. The summed E-state index contributed by atoms with van der Waals surface area (Å²) in [5.74, 6) is -1.19. The molecular weight excluding hydrogens is 356 g/mol. The normalized spacial score (nSPS) is 10.3. The van der Waals surface area contributed by atoms with Crippen molar-refractivity contribution < 1.29 is 19.5 Å². The second kappa shape index (κ2) is 10.9. The lowest BCUT2D eigenvalue weighted by Crippen LogP contribution is -2.24. The number of carbonyl (C=O) groups is 3. The van der Waals surface area contributed by atoms with Crippen molar-refractivity contribution >= 4 is 23.5 Å². The summed E-state index contributed by atoms with van der Waals surface area (Å²) in [6, 6.07) is 14.1. The van der Waals surface area contributed by atoms with E-state index in [0.29, 0.717) is 29.8 Å². The average molecular weight is 382 g/mol. The van der Waals surface area contributed by atoms with E-state index >= 15 is 0 Å². The lowest BCUT2D eigenvalue weighted by molar-refractivity contribution is -0.137. The monoisotopic (exact) mass is 382 g/mol. The highest BCUT2D eigenvalue weighted by molar-refractivity contribution is 6.05. The zero-order valence-corrected chi connectivity index (χ0v) is 16.0. The molecule has 0 aliphatic carbocycles. The maximum atomic E-state index is 12.3. The number of amides is 2. The Kier molecular flexibility index (Phi) is 8.21. The molecule has 2 aromatic carbocycles. The van der Waals surface area contributed by atoms with E-state index in [1.807, 2.05) is 13.0 Å². The maximum absolute atomic E-state index is 12.3. The first-order valence-corrected chi connectivity index (χ1v) is 9.44. The summed E-state index contributed by atoms with van der Waals surface area (Å²) >= 11 is 0. The third-order valence-corrected chi connectivity index (χ3v) is 4.39. The highest BCUT2D eigenvalue weighted by Gasteiger charge is 2.11. The van der Waals surface area contributed by atoms with Crippen molar-refractivity contribution in [2.45, 2.75) is 39.0 Å². The van der Waals surface area contributed by atoms with Gasteiger partial charge in [-0.2, -0.15) is 0 Å². The van der Waals surface area contributed by atoms with Crippen molar-refractivity contribution in [3.8, 4) is 0 Å². The van der Waals surface area contributed by atoms with Crippen LogP contribution in [0.4, 0.5) is 5.69 Å². The molecule has 28 heavy (non-hydrogen) atoms. The Bertz CT molecular complexity index is 819. The Morgan fingerprint density at radius 1 is 0.857 bits per heavy atom. The molecule has 148 valence electrons. The van der Waals surface area contributed by atoms with Crippen LogP contribution in [0.2, 0.25) is 0 Å². The number of carboxylic acid groups (broad SMARTS) is 1.